The zero-order chi connectivity index (χ0) is 24.9. The van der Waals surface area contributed by atoms with Crippen LogP contribution in [0, 0.1) is 35.9 Å². The van der Waals surface area contributed by atoms with Gasteiger partial charge in [-0.2, -0.15) is 10.4 Å². The first-order chi connectivity index (χ1) is 16.7. The first-order valence-electron chi connectivity index (χ1n) is 11.8. The van der Waals surface area contributed by atoms with Crippen LogP contribution < -0.4 is 11.1 Å². The van der Waals surface area contributed by atoms with E-state index in [1.165, 1.54) is 22.4 Å². The molecule has 1 amide bonds. The molecule has 0 aliphatic heterocycles. The number of fused-ring (bicyclic) bond motifs is 1. The number of halogens is 1. The highest BCUT2D eigenvalue weighted by atomic mass is 19.1. The van der Waals surface area contributed by atoms with Crippen LogP contribution in [0.15, 0.2) is 42.5 Å². The monoisotopic (exact) mass is 473 g/mol. The van der Waals surface area contributed by atoms with Gasteiger partial charge in [0.1, 0.15) is 23.3 Å². The fraction of sp³-hybridized carbons (Fsp3) is 0.370. The van der Waals surface area contributed by atoms with E-state index in [9.17, 15) is 14.3 Å². The van der Waals surface area contributed by atoms with Gasteiger partial charge in [0, 0.05) is 18.7 Å². The number of nitrogens with one attached hydrogen (secondary N) is 1. The summed E-state index contributed by atoms with van der Waals surface area (Å²) in [6, 6.07) is 13.7. The van der Waals surface area contributed by atoms with Gasteiger partial charge in [-0.25, -0.2) is 4.39 Å². The molecular weight excluding hydrogens is 445 g/mol. The lowest BCUT2D eigenvalue weighted by molar-refractivity contribution is 0.0344. The molecule has 2 aliphatic rings. The van der Waals surface area contributed by atoms with E-state index in [2.05, 4.69) is 10.4 Å². The minimum Gasteiger partial charge on any atom is -0.385 e. The lowest BCUT2D eigenvalue weighted by Crippen LogP contribution is -2.23. The summed E-state index contributed by atoms with van der Waals surface area (Å²) < 4.78 is 15.2. The van der Waals surface area contributed by atoms with Gasteiger partial charge in [-0.05, 0) is 68.2 Å². The number of aryl methyl sites for hydroxylation is 2. The van der Waals surface area contributed by atoms with Crippen molar-refractivity contribution in [2.24, 2.45) is 18.9 Å². The van der Waals surface area contributed by atoms with Crippen molar-refractivity contribution in [1.29, 1.82) is 5.26 Å². The number of carbonyl (C=O) groups is 1. The zero-order valence-electron chi connectivity index (χ0n) is 19.8. The normalized spacial score (nSPS) is 25.3. The van der Waals surface area contributed by atoms with Crippen LogP contribution in [-0.2, 0) is 12.6 Å². The molecule has 0 saturated heterocycles. The third-order valence-corrected chi connectivity index (χ3v) is 7.71. The third-order valence-electron chi connectivity index (χ3n) is 7.71. The summed E-state index contributed by atoms with van der Waals surface area (Å²) in [4.78, 5) is 13.2. The van der Waals surface area contributed by atoms with Crippen LogP contribution in [0.4, 0.5) is 15.9 Å². The molecular formula is C27H28FN5O2. The molecule has 2 atom stereocenters. The molecule has 4 N–H and O–H groups in total. The first-order valence-corrected chi connectivity index (χ1v) is 11.8. The Hall–Kier alpha value is -3.70. The molecule has 2 aromatic carbocycles. The maximum absolute atomic E-state index is 13.7. The zero-order valence-corrected chi connectivity index (χ0v) is 19.8. The van der Waals surface area contributed by atoms with Crippen molar-refractivity contribution in [3.05, 3.63) is 76.2 Å². The van der Waals surface area contributed by atoms with E-state index in [-0.39, 0.29) is 17.3 Å². The summed E-state index contributed by atoms with van der Waals surface area (Å²) in [5, 5.41) is 27.8. The molecule has 2 unspecified atom stereocenters. The third kappa shape index (κ3) is 4.06. The van der Waals surface area contributed by atoms with Crippen molar-refractivity contribution in [1.82, 2.24) is 9.78 Å². The molecule has 35 heavy (non-hydrogen) atoms. The van der Waals surface area contributed by atoms with Crippen molar-refractivity contribution in [3.8, 4) is 6.07 Å². The standard InChI is InChI=1S/C27H28FN5O2/c1-15-3-5-20(6-4-15)27(35)12-17-9-16(10-18(17)13-27)24-23(25(30)33(2)32-24)26(34)31-21-7-8-22(28)19(11-21)14-29/h3-8,11,16-18,35H,9-10,12-13,30H2,1-2H3,(H,31,34). The maximum atomic E-state index is 13.7. The summed E-state index contributed by atoms with van der Waals surface area (Å²) in [6.45, 7) is 2.03. The molecule has 5 rings (SSSR count). The van der Waals surface area contributed by atoms with Crippen LogP contribution in [-0.4, -0.2) is 20.8 Å². The number of nitrogens with zero attached hydrogens (tertiary/aromatic N) is 3. The highest BCUT2D eigenvalue weighted by Crippen LogP contribution is 2.57. The second-order valence-electron chi connectivity index (χ2n) is 10.0. The lowest BCUT2D eigenvalue weighted by Gasteiger charge is -2.25. The number of nitrogens with two attached hydrogens (primary N) is 1. The Morgan fingerprint density at radius 1 is 1.23 bits per heavy atom. The largest absolute Gasteiger partial charge is 0.385 e. The van der Waals surface area contributed by atoms with Crippen molar-refractivity contribution < 1.29 is 14.3 Å². The smallest absolute Gasteiger partial charge is 0.261 e. The average Bonchev–Trinajstić information content (AvgIpc) is 3.45. The van der Waals surface area contributed by atoms with Gasteiger partial charge in [0.15, 0.2) is 0 Å². The summed E-state index contributed by atoms with van der Waals surface area (Å²) >= 11 is 0. The molecule has 2 fully saturated rings. The number of nitriles is 1. The lowest BCUT2D eigenvalue weighted by atomic mass is 9.86. The van der Waals surface area contributed by atoms with Crippen LogP contribution in [0.1, 0.15) is 64.3 Å². The Kier molecular flexibility index (Phi) is 5.60. The molecule has 1 aromatic heterocycles. The molecule has 0 bridgehead atoms. The van der Waals surface area contributed by atoms with Gasteiger partial charge < -0.3 is 16.2 Å². The first kappa shape index (κ1) is 23.1. The van der Waals surface area contributed by atoms with Gasteiger partial charge in [0.25, 0.3) is 5.91 Å². The molecule has 1 heterocycles. The van der Waals surface area contributed by atoms with Crippen LogP contribution in [0.25, 0.3) is 0 Å². The minimum atomic E-state index is -0.821. The number of hydrogen-bond acceptors (Lipinski definition) is 5. The molecule has 3 aromatic rings. The van der Waals surface area contributed by atoms with Crippen LogP contribution >= 0.6 is 0 Å². The number of rotatable bonds is 4. The number of aliphatic hydroxyl groups is 1. The van der Waals surface area contributed by atoms with Crippen molar-refractivity contribution in [3.63, 3.8) is 0 Å². The fourth-order valence-electron chi connectivity index (χ4n) is 5.94. The summed E-state index contributed by atoms with van der Waals surface area (Å²) in [6.07, 6.45) is 3.02. The number of amides is 1. The molecule has 2 aliphatic carbocycles. The summed E-state index contributed by atoms with van der Waals surface area (Å²) in [5.74, 6) is -0.0982. The van der Waals surface area contributed by atoms with Gasteiger partial charge >= 0.3 is 0 Å². The number of aromatic nitrogens is 2. The molecule has 0 radical (unpaired) electrons. The Balaban J connectivity index is 1.35. The number of hydrogen-bond donors (Lipinski definition) is 3. The predicted octanol–water partition coefficient (Wildman–Crippen LogP) is 4.37. The second kappa shape index (κ2) is 8.51. The van der Waals surface area contributed by atoms with E-state index in [0.29, 0.717) is 41.6 Å². The number of carbonyl (C=O) groups excluding carboxylic acids is 1. The van der Waals surface area contributed by atoms with E-state index in [4.69, 9.17) is 11.0 Å². The molecule has 7 nitrogen and oxygen atoms in total. The van der Waals surface area contributed by atoms with Gasteiger partial charge in [0.2, 0.25) is 0 Å². The predicted molar refractivity (Wildman–Crippen MR) is 130 cm³/mol. The van der Waals surface area contributed by atoms with Gasteiger partial charge in [-0.1, -0.05) is 29.8 Å². The average molecular weight is 474 g/mol. The van der Waals surface area contributed by atoms with Crippen molar-refractivity contribution in [2.45, 2.75) is 44.1 Å². The Morgan fingerprint density at radius 3 is 2.51 bits per heavy atom. The van der Waals surface area contributed by atoms with Crippen LogP contribution in [0.2, 0.25) is 0 Å². The molecule has 2 saturated carbocycles. The summed E-state index contributed by atoms with van der Waals surface area (Å²) in [5.41, 5.74) is 8.68. The number of benzene rings is 2. The quantitative estimate of drug-likeness (QED) is 0.520. The molecule has 0 spiro atoms. The van der Waals surface area contributed by atoms with Crippen LogP contribution in [0.3, 0.4) is 0 Å². The fourth-order valence-corrected chi connectivity index (χ4v) is 5.94. The van der Waals surface area contributed by atoms with Crippen molar-refractivity contribution in [2.75, 3.05) is 11.1 Å². The Labute approximate surface area is 203 Å². The highest BCUT2D eigenvalue weighted by molar-refractivity contribution is 6.08. The molecule has 180 valence electrons. The maximum Gasteiger partial charge on any atom is 0.261 e. The van der Waals surface area contributed by atoms with E-state index in [0.717, 1.165) is 24.5 Å². The van der Waals surface area contributed by atoms with E-state index >= 15 is 0 Å². The van der Waals surface area contributed by atoms with Crippen LogP contribution in [0.5, 0.6) is 0 Å². The molecule has 8 heteroatoms. The van der Waals surface area contributed by atoms with Gasteiger partial charge in [0.05, 0.1) is 16.9 Å². The van der Waals surface area contributed by atoms with Gasteiger partial charge in [-0.3, -0.25) is 9.48 Å². The topological polar surface area (TPSA) is 117 Å². The van der Waals surface area contributed by atoms with Gasteiger partial charge in [-0.15, -0.1) is 0 Å². The summed E-state index contributed by atoms with van der Waals surface area (Å²) in [7, 11) is 1.70. The van der Waals surface area contributed by atoms with E-state index in [1.54, 1.807) is 13.1 Å². The second-order valence-corrected chi connectivity index (χ2v) is 10.0. The minimum absolute atomic E-state index is 0.0553. The number of anilines is 2. The Bertz CT molecular complexity index is 1330. The Morgan fingerprint density at radius 2 is 1.89 bits per heavy atom. The highest BCUT2D eigenvalue weighted by Gasteiger charge is 2.50. The van der Waals surface area contributed by atoms with E-state index < -0.39 is 17.3 Å². The SMILES string of the molecule is Cc1ccc(C2(O)CC3CC(c4nn(C)c(N)c4C(=O)Nc4ccc(F)c(C#N)c4)CC3C2)cc1. The number of nitrogen functional groups attached to an aromatic ring is 1. The van der Waals surface area contributed by atoms with Crippen molar-refractivity contribution >= 4 is 17.4 Å². The van der Waals surface area contributed by atoms with E-state index in [1.807, 2.05) is 31.2 Å².